The second-order valence-electron chi connectivity index (χ2n) is 5.54. The molecule has 2 aromatic rings. The first-order valence-electron chi connectivity index (χ1n) is 7.58. The van der Waals surface area contributed by atoms with Gasteiger partial charge in [0.2, 0.25) is 5.95 Å². The Morgan fingerprint density at radius 1 is 1.21 bits per heavy atom. The van der Waals surface area contributed by atoms with Crippen molar-refractivity contribution in [3.05, 3.63) is 12.0 Å². The van der Waals surface area contributed by atoms with E-state index in [0.29, 0.717) is 18.6 Å². The molecule has 2 heterocycles. The maximum atomic E-state index is 11.0. The van der Waals surface area contributed by atoms with Crippen LogP contribution in [-0.4, -0.2) is 44.7 Å². The molecule has 24 heavy (non-hydrogen) atoms. The molecule has 2 N–H and O–H groups in total. The van der Waals surface area contributed by atoms with E-state index < -0.39 is 0 Å². The average Bonchev–Trinajstić information content (AvgIpc) is 2.89. The maximum Gasteiger partial charge on any atom is 0.302 e. The van der Waals surface area contributed by atoms with Gasteiger partial charge in [0.1, 0.15) is 5.52 Å². The van der Waals surface area contributed by atoms with Crippen LogP contribution in [0.25, 0.3) is 11.2 Å². The summed E-state index contributed by atoms with van der Waals surface area (Å²) in [4.78, 5) is 34.5. The molecule has 0 radical (unpaired) electrons. The van der Waals surface area contributed by atoms with Gasteiger partial charge in [0, 0.05) is 26.3 Å². The van der Waals surface area contributed by atoms with Crippen molar-refractivity contribution in [3.8, 4) is 0 Å². The third-order valence-electron chi connectivity index (χ3n) is 3.49. The number of carbonyl (C=O) groups excluding carboxylic acids is 2. The van der Waals surface area contributed by atoms with Gasteiger partial charge in [-0.2, -0.15) is 4.98 Å². The Morgan fingerprint density at radius 2 is 1.83 bits per heavy atom. The highest BCUT2D eigenvalue weighted by molar-refractivity contribution is 5.74. The molecule has 2 rings (SSSR count). The standard InChI is InChI=1S/C15H21N5O4/c1-9-13-14(19-15(16)18-9)17-8-20(13)5-4-12(6-23-10(2)21)7-24-11(3)22/h8,12H,4-7H2,1-3H3,(H2,16,18,19). The lowest BCUT2D eigenvalue weighted by atomic mass is 10.1. The Kier molecular flexibility index (Phi) is 5.67. The van der Waals surface area contributed by atoms with Gasteiger partial charge in [-0.1, -0.05) is 0 Å². The van der Waals surface area contributed by atoms with Gasteiger partial charge in [-0.3, -0.25) is 9.59 Å². The average molecular weight is 335 g/mol. The number of hydrogen-bond acceptors (Lipinski definition) is 8. The number of aromatic nitrogens is 4. The highest BCUT2D eigenvalue weighted by atomic mass is 16.5. The molecule has 0 aliphatic carbocycles. The summed E-state index contributed by atoms with van der Waals surface area (Å²) in [5.41, 5.74) is 7.71. The molecule has 0 spiro atoms. The molecule has 0 saturated heterocycles. The quantitative estimate of drug-likeness (QED) is 0.739. The highest BCUT2D eigenvalue weighted by Gasteiger charge is 2.15. The molecule has 130 valence electrons. The van der Waals surface area contributed by atoms with Gasteiger partial charge in [-0.15, -0.1) is 0 Å². The van der Waals surface area contributed by atoms with E-state index in [0.717, 1.165) is 11.2 Å². The first kappa shape index (κ1) is 17.6. The van der Waals surface area contributed by atoms with Crippen LogP contribution in [0.5, 0.6) is 0 Å². The minimum Gasteiger partial charge on any atom is -0.465 e. The van der Waals surface area contributed by atoms with Crippen LogP contribution < -0.4 is 5.73 Å². The number of esters is 2. The van der Waals surface area contributed by atoms with Crippen LogP contribution in [0.2, 0.25) is 0 Å². The largest absolute Gasteiger partial charge is 0.465 e. The number of anilines is 1. The van der Waals surface area contributed by atoms with Crippen LogP contribution in [0.1, 0.15) is 26.0 Å². The number of imidazole rings is 1. The number of fused-ring (bicyclic) bond motifs is 1. The van der Waals surface area contributed by atoms with Crippen LogP contribution in [0.3, 0.4) is 0 Å². The van der Waals surface area contributed by atoms with Gasteiger partial charge >= 0.3 is 11.9 Å². The van der Waals surface area contributed by atoms with E-state index in [9.17, 15) is 9.59 Å². The number of nitrogens with two attached hydrogens (primary N) is 1. The lowest BCUT2D eigenvalue weighted by Gasteiger charge is -2.17. The molecule has 0 aliphatic heterocycles. The van der Waals surface area contributed by atoms with E-state index in [1.165, 1.54) is 13.8 Å². The van der Waals surface area contributed by atoms with Crippen LogP contribution in [0, 0.1) is 12.8 Å². The molecule has 0 amide bonds. The van der Waals surface area contributed by atoms with E-state index in [2.05, 4.69) is 15.0 Å². The summed E-state index contributed by atoms with van der Waals surface area (Å²) >= 11 is 0. The molecule has 0 bridgehead atoms. The van der Waals surface area contributed by atoms with Crippen LogP contribution in [0.4, 0.5) is 5.95 Å². The van der Waals surface area contributed by atoms with Crippen molar-refractivity contribution in [2.24, 2.45) is 5.92 Å². The predicted octanol–water partition coefficient (Wildman–Crippen LogP) is 0.849. The molecule has 0 aromatic carbocycles. The van der Waals surface area contributed by atoms with Crippen molar-refractivity contribution in [2.75, 3.05) is 18.9 Å². The van der Waals surface area contributed by atoms with Crippen LogP contribution >= 0.6 is 0 Å². The van der Waals surface area contributed by atoms with Crippen molar-refractivity contribution in [1.82, 2.24) is 19.5 Å². The topological polar surface area (TPSA) is 122 Å². The summed E-state index contributed by atoms with van der Waals surface area (Å²) in [7, 11) is 0. The van der Waals surface area contributed by atoms with Crippen molar-refractivity contribution >= 4 is 29.1 Å². The van der Waals surface area contributed by atoms with E-state index in [4.69, 9.17) is 15.2 Å². The van der Waals surface area contributed by atoms with E-state index in [-0.39, 0.29) is 37.0 Å². The Balaban J connectivity index is 2.07. The summed E-state index contributed by atoms with van der Waals surface area (Å²) < 4.78 is 12.0. The third kappa shape index (κ3) is 4.64. The fourth-order valence-electron chi connectivity index (χ4n) is 2.36. The van der Waals surface area contributed by atoms with Crippen molar-refractivity contribution < 1.29 is 19.1 Å². The molecule has 0 saturated carbocycles. The summed E-state index contributed by atoms with van der Waals surface area (Å²) in [5.74, 6) is -0.649. The summed E-state index contributed by atoms with van der Waals surface area (Å²) in [6.45, 7) is 5.51. The van der Waals surface area contributed by atoms with Crippen molar-refractivity contribution in [1.29, 1.82) is 0 Å². The van der Waals surface area contributed by atoms with E-state index >= 15 is 0 Å². The van der Waals surface area contributed by atoms with Gasteiger partial charge in [0.25, 0.3) is 0 Å². The normalized spacial score (nSPS) is 11.0. The van der Waals surface area contributed by atoms with Gasteiger partial charge in [-0.05, 0) is 13.3 Å². The minimum absolute atomic E-state index is 0.106. The molecule has 0 atom stereocenters. The van der Waals surface area contributed by atoms with E-state index in [1.807, 2.05) is 11.5 Å². The molecular weight excluding hydrogens is 314 g/mol. The number of rotatable bonds is 7. The van der Waals surface area contributed by atoms with E-state index in [1.54, 1.807) is 6.33 Å². The Hall–Kier alpha value is -2.71. The number of ether oxygens (including phenoxy) is 2. The Bertz CT molecular complexity index is 725. The third-order valence-corrected chi connectivity index (χ3v) is 3.49. The van der Waals surface area contributed by atoms with Gasteiger partial charge < -0.3 is 19.8 Å². The molecular formula is C15H21N5O4. The monoisotopic (exact) mass is 335 g/mol. The Labute approximate surface area is 139 Å². The number of nitrogens with zero attached hydrogens (tertiary/aromatic N) is 4. The number of carbonyl (C=O) groups is 2. The second-order valence-corrected chi connectivity index (χ2v) is 5.54. The Morgan fingerprint density at radius 3 is 2.42 bits per heavy atom. The summed E-state index contributed by atoms with van der Waals surface area (Å²) in [6.07, 6.45) is 2.30. The molecule has 0 aliphatic rings. The first-order chi connectivity index (χ1) is 11.4. The number of aryl methyl sites for hydroxylation is 2. The van der Waals surface area contributed by atoms with Crippen molar-refractivity contribution in [2.45, 2.75) is 33.7 Å². The molecule has 2 aromatic heterocycles. The first-order valence-corrected chi connectivity index (χ1v) is 7.58. The zero-order valence-corrected chi connectivity index (χ0v) is 14.0. The lowest BCUT2D eigenvalue weighted by Crippen LogP contribution is -2.21. The van der Waals surface area contributed by atoms with Crippen LogP contribution in [0.15, 0.2) is 6.33 Å². The molecule has 9 heteroatoms. The van der Waals surface area contributed by atoms with Crippen LogP contribution in [-0.2, 0) is 25.6 Å². The fraction of sp³-hybridized carbons (Fsp3) is 0.533. The summed E-state index contributed by atoms with van der Waals surface area (Å²) in [5, 5.41) is 0. The van der Waals surface area contributed by atoms with Gasteiger partial charge in [-0.25, -0.2) is 9.97 Å². The molecule has 0 unspecified atom stereocenters. The van der Waals surface area contributed by atoms with Crippen molar-refractivity contribution in [3.63, 3.8) is 0 Å². The molecule has 0 fully saturated rings. The second kappa shape index (κ2) is 7.71. The maximum absolute atomic E-state index is 11.0. The number of nitrogen functional groups attached to an aromatic ring is 1. The van der Waals surface area contributed by atoms with Gasteiger partial charge in [0.05, 0.1) is 25.2 Å². The predicted molar refractivity (Wildman–Crippen MR) is 85.8 cm³/mol. The smallest absolute Gasteiger partial charge is 0.302 e. The lowest BCUT2D eigenvalue weighted by molar-refractivity contribution is -0.146. The fourth-order valence-corrected chi connectivity index (χ4v) is 2.36. The zero-order chi connectivity index (χ0) is 17.7. The number of hydrogen-bond donors (Lipinski definition) is 1. The summed E-state index contributed by atoms with van der Waals surface area (Å²) in [6, 6.07) is 0. The SMILES string of the molecule is CC(=O)OCC(CCn1cnc2nc(N)nc(C)c21)COC(C)=O. The molecule has 9 nitrogen and oxygen atoms in total. The minimum atomic E-state index is -0.365. The zero-order valence-electron chi connectivity index (χ0n) is 14.0. The van der Waals surface area contributed by atoms with Gasteiger partial charge in [0.15, 0.2) is 5.65 Å². The highest BCUT2D eigenvalue weighted by Crippen LogP contribution is 2.17.